The molecule has 0 saturated heterocycles. The van der Waals surface area contributed by atoms with Crippen LogP contribution in [-0.4, -0.2) is 22.3 Å². The van der Waals surface area contributed by atoms with Gasteiger partial charge in [0.05, 0.1) is 6.10 Å². The summed E-state index contributed by atoms with van der Waals surface area (Å²) in [5, 5.41) is 18.0. The predicted octanol–water partition coefficient (Wildman–Crippen LogP) is 5.69. The van der Waals surface area contributed by atoms with Crippen LogP contribution in [-0.2, 0) is 4.79 Å². The quantitative estimate of drug-likeness (QED) is 0.339. The van der Waals surface area contributed by atoms with E-state index in [1.807, 2.05) is 6.92 Å². The Balaban J connectivity index is 3.01. The van der Waals surface area contributed by atoms with Crippen LogP contribution in [0, 0.1) is 0 Å². The number of aliphatic hydroxyl groups is 1. The van der Waals surface area contributed by atoms with E-state index in [4.69, 9.17) is 5.11 Å². The van der Waals surface area contributed by atoms with Crippen molar-refractivity contribution in [1.29, 1.82) is 0 Å². The summed E-state index contributed by atoms with van der Waals surface area (Å²) in [7, 11) is 0. The molecule has 0 rings (SSSR count). The van der Waals surface area contributed by atoms with Gasteiger partial charge in [0.1, 0.15) is 0 Å². The molecular weight excluding hydrogens is 276 g/mol. The molecule has 0 amide bonds. The Kier molecular flexibility index (Phi) is 16.4. The highest BCUT2D eigenvalue weighted by Crippen LogP contribution is 2.14. The van der Waals surface area contributed by atoms with Gasteiger partial charge in [-0.1, -0.05) is 84.0 Å². The Bertz CT molecular complexity index is 241. The lowest BCUT2D eigenvalue weighted by Gasteiger charge is -2.06. The SMILES string of the molecule is CCC(O)CCCCCCCCCCCCCCCC(=O)O. The Morgan fingerprint density at radius 2 is 1.09 bits per heavy atom. The molecule has 0 radical (unpaired) electrons. The van der Waals surface area contributed by atoms with Crippen molar-refractivity contribution >= 4 is 5.97 Å². The molecule has 0 aromatic carbocycles. The predicted molar refractivity (Wildman–Crippen MR) is 93.2 cm³/mol. The van der Waals surface area contributed by atoms with E-state index in [0.29, 0.717) is 6.42 Å². The molecular formula is C19H38O3. The summed E-state index contributed by atoms with van der Waals surface area (Å²) >= 11 is 0. The minimum atomic E-state index is -0.665. The molecule has 22 heavy (non-hydrogen) atoms. The van der Waals surface area contributed by atoms with Gasteiger partial charge in [-0.2, -0.15) is 0 Å². The summed E-state index contributed by atoms with van der Waals surface area (Å²) in [5.74, 6) is -0.665. The van der Waals surface area contributed by atoms with Gasteiger partial charge < -0.3 is 10.2 Å². The van der Waals surface area contributed by atoms with Gasteiger partial charge >= 0.3 is 5.97 Å². The Morgan fingerprint density at radius 3 is 1.45 bits per heavy atom. The average molecular weight is 315 g/mol. The Morgan fingerprint density at radius 1 is 0.727 bits per heavy atom. The molecule has 0 bridgehead atoms. The van der Waals surface area contributed by atoms with Crippen LogP contribution < -0.4 is 0 Å². The molecule has 1 unspecified atom stereocenters. The zero-order chi connectivity index (χ0) is 16.5. The minimum Gasteiger partial charge on any atom is -0.481 e. The van der Waals surface area contributed by atoms with Crippen molar-refractivity contribution in [3.63, 3.8) is 0 Å². The van der Waals surface area contributed by atoms with E-state index in [-0.39, 0.29) is 6.10 Å². The van der Waals surface area contributed by atoms with Crippen LogP contribution >= 0.6 is 0 Å². The summed E-state index contributed by atoms with van der Waals surface area (Å²) in [6.07, 6.45) is 18.3. The second-order valence-corrected chi connectivity index (χ2v) is 6.59. The lowest BCUT2D eigenvalue weighted by Crippen LogP contribution is -2.03. The van der Waals surface area contributed by atoms with Crippen LogP contribution in [0.4, 0.5) is 0 Å². The number of hydrogen-bond donors (Lipinski definition) is 2. The van der Waals surface area contributed by atoms with Crippen LogP contribution in [0.2, 0.25) is 0 Å². The summed E-state index contributed by atoms with van der Waals surface area (Å²) in [4.78, 5) is 10.4. The average Bonchev–Trinajstić information content (AvgIpc) is 2.50. The Hall–Kier alpha value is -0.570. The first-order chi connectivity index (χ1) is 10.7. The van der Waals surface area contributed by atoms with E-state index >= 15 is 0 Å². The number of hydrogen-bond acceptors (Lipinski definition) is 2. The van der Waals surface area contributed by atoms with Gasteiger partial charge in [-0.25, -0.2) is 0 Å². The maximum Gasteiger partial charge on any atom is 0.303 e. The van der Waals surface area contributed by atoms with E-state index < -0.39 is 5.97 Å². The smallest absolute Gasteiger partial charge is 0.303 e. The summed E-state index contributed by atoms with van der Waals surface area (Å²) < 4.78 is 0. The molecule has 0 heterocycles. The zero-order valence-corrected chi connectivity index (χ0v) is 14.7. The van der Waals surface area contributed by atoms with E-state index in [2.05, 4.69) is 0 Å². The standard InChI is InChI=1S/C19H38O3/c1-2-18(20)16-14-12-10-8-6-4-3-5-7-9-11-13-15-17-19(21)22/h18,20H,2-17H2,1H3,(H,21,22). The van der Waals surface area contributed by atoms with Gasteiger partial charge in [0, 0.05) is 6.42 Å². The number of carboxylic acids is 1. The fourth-order valence-corrected chi connectivity index (χ4v) is 2.80. The maximum atomic E-state index is 10.4. The molecule has 0 aliphatic carbocycles. The number of unbranched alkanes of at least 4 members (excludes halogenated alkanes) is 12. The van der Waals surface area contributed by atoms with Gasteiger partial charge in [-0.15, -0.1) is 0 Å². The van der Waals surface area contributed by atoms with Gasteiger partial charge in [0.15, 0.2) is 0 Å². The molecule has 0 saturated carbocycles. The number of aliphatic carboxylic acids is 1. The molecule has 132 valence electrons. The van der Waals surface area contributed by atoms with E-state index in [1.165, 1.54) is 70.6 Å². The van der Waals surface area contributed by atoms with Gasteiger partial charge in [-0.05, 0) is 19.3 Å². The van der Waals surface area contributed by atoms with Crippen molar-refractivity contribution < 1.29 is 15.0 Å². The summed E-state index contributed by atoms with van der Waals surface area (Å²) in [6, 6.07) is 0. The molecule has 0 aromatic rings. The normalized spacial score (nSPS) is 12.5. The van der Waals surface area contributed by atoms with Crippen LogP contribution in [0.25, 0.3) is 0 Å². The molecule has 0 aromatic heterocycles. The van der Waals surface area contributed by atoms with Crippen molar-refractivity contribution in [3.05, 3.63) is 0 Å². The molecule has 1 atom stereocenters. The van der Waals surface area contributed by atoms with Crippen LogP contribution in [0.3, 0.4) is 0 Å². The van der Waals surface area contributed by atoms with Crippen molar-refractivity contribution in [3.8, 4) is 0 Å². The van der Waals surface area contributed by atoms with E-state index in [9.17, 15) is 9.90 Å². The van der Waals surface area contributed by atoms with E-state index in [1.54, 1.807) is 0 Å². The first kappa shape index (κ1) is 21.4. The maximum absolute atomic E-state index is 10.4. The van der Waals surface area contributed by atoms with E-state index in [0.717, 1.165) is 25.7 Å². The first-order valence-electron chi connectivity index (χ1n) is 9.56. The number of rotatable bonds is 17. The summed E-state index contributed by atoms with van der Waals surface area (Å²) in [6.45, 7) is 2.04. The third-order valence-electron chi connectivity index (χ3n) is 4.40. The third kappa shape index (κ3) is 17.5. The lowest BCUT2D eigenvalue weighted by molar-refractivity contribution is -0.137. The largest absolute Gasteiger partial charge is 0.481 e. The fraction of sp³-hybridized carbons (Fsp3) is 0.947. The second-order valence-electron chi connectivity index (χ2n) is 6.59. The molecule has 3 heteroatoms. The molecule has 0 spiro atoms. The van der Waals surface area contributed by atoms with Crippen molar-refractivity contribution in [1.82, 2.24) is 0 Å². The van der Waals surface area contributed by atoms with Gasteiger partial charge in [0.2, 0.25) is 0 Å². The van der Waals surface area contributed by atoms with Gasteiger partial charge in [0.25, 0.3) is 0 Å². The molecule has 0 fully saturated rings. The van der Waals surface area contributed by atoms with Crippen LogP contribution in [0.5, 0.6) is 0 Å². The lowest BCUT2D eigenvalue weighted by atomic mass is 10.0. The van der Waals surface area contributed by atoms with Gasteiger partial charge in [-0.3, -0.25) is 4.79 Å². The number of aliphatic hydroxyl groups excluding tert-OH is 1. The third-order valence-corrected chi connectivity index (χ3v) is 4.40. The second kappa shape index (κ2) is 16.8. The highest BCUT2D eigenvalue weighted by Gasteiger charge is 2.00. The van der Waals surface area contributed by atoms with Crippen LogP contribution in [0.15, 0.2) is 0 Å². The fourth-order valence-electron chi connectivity index (χ4n) is 2.80. The van der Waals surface area contributed by atoms with Crippen molar-refractivity contribution in [2.75, 3.05) is 0 Å². The topological polar surface area (TPSA) is 57.5 Å². The highest BCUT2D eigenvalue weighted by molar-refractivity contribution is 5.66. The first-order valence-corrected chi connectivity index (χ1v) is 9.56. The van der Waals surface area contributed by atoms with Crippen molar-refractivity contribution in [2.45, 2.75) is 116 Å². The Labute approximate surface area is 137 Å². The molecule has 0 aliphatic heterocycles. The molecule has 0 aliphatic rings. The summed E-state index contributed by atoms with van der Waals surface area (Å²) in [5.41, 5.74) is 0. The molecule has 2 N–H and O–H groups in total. The monoisotopic (exact) mass is 314 g/mol. The highest BCUT2D eigenvalue weighted by atomic mass is 16.4. The minimum absolute atomic E-state index is 0.0795. The number of carbonyl (C=O) groups is 1. The number of carboxylic acid groups (broad SMARTS) is 1. The molecule has 3 nitrogen and oxygen atoms in total. The zero-order valence-electron chi connectivity index (χ0n) is 14.7. The van der Waals surface area contributed by atoms with Crippen LogP contribution in [0.1, 0.15) is 110 Å². The van der Waals surface area contributed by atoms with Crippen molar-refractivity contribution in [2.24, 2.45) is 0 Å².